The van der Waals surface area contributed by atoms with Gasteiger partial charge in [-0.2, -0.15) is 0 Å². The summed E-state index contributed by atoms with van der Waals surface area (Å²) in [7, 11) is 0. The van der Waals surface area contributed by atoms with Gasteiger partial charge >= 0.3 is 0 Å². The third kappa shape index (κ3) is 3.96. The van der Waals surface area contributed by atoms with Crippen molar-refractivity contribution in [3.8, 4) is 0 Å². The third-order valence-corrected chi connectivity index (χ3v) is 1.04. The summed E-state index contributed by atoms with van der Waals surface area (Å²) in [5.74, 6) is 0.694. The van der Waals surface area contributed by atoms with Gasteiger partial charge in [-0.25, -0.2) is 0 Å². The summed E-state index contributed by atoms with van der Waals surface area (Å²) >= 11 is 0. The van der Waals surface area contributed by atoms with Crippen LogP contribution in [0.2, 0.25) is 0 Å². The summed E-state index contributed by atoms with van der Waals surface area (Å²) in [4.78, 5) is 0. The number of ether oxygens (including phenoxy) is 1. The molecule has 0 N–H and O–H groups in total. The molecule has 0 unspecified atom stereocenters. The van der Waals surface area contributed by atoms with E-state index in [-0.39, 0.29) is 0 Å². The first kappa shape index (κ1) is 9.02. The largest absolute Gasteiger partial charge is 0.495 e. The van der Waals surface area contributed by atoms with Crippen molar-refractivity contribution in [3.05, 3.63) is 36.6 Å². The van der Waals surface area contributed by atoms with Gasteiger partial charge in [0.25, 0.3) is 0 Å². The van der Waals surface area contributed by atoms with Crippen LogP contribution in [0.1, 0.15) is 13.8 Å². The zero-order valence-corrected chi connectivity index (χ0v) is 6.68. The lowest BCUT2D eigenvalue weighted by molar-refractivity contribution is 0.244. The van der Waals surface area contributed by atoms with E-state index in [0.29, 0.717) is 12.4 Å². The molecular weight excluding hydrogens is 124 g/mol. The fourth-order valence-electron chi connectivity index (χ4n) is 0.540. The molecule has 1 nitrogen and oxygen atoms in total. The second-order valence-corrected chi connectivity index (χ2v) is 1.99. The van der Waals surface area contributed by atoms with Crippen molar-refractivity contribution in [1.29, 1.82) is 0 Å². The monoisotopic (exact) mass is 138 g/mol. The normalized spacial score (nSPS) is 10.8. The molecule has 10 heavy (non-hydrogen) atoms. The standard InChI is InChI=1S/C9H14O/c1-5-8(3)7-9(4)10-6-2/h5,7H,1,4,6H2,2-3H3/b8-7-. The summed E-state index contributed by atoms with van der Waals surface area (Å²) in [5, 5.41) is 0. The highest BCUT2D eigenvalue weighted by molar-refractivity contribution is 5.21. The van der Waals surface area contributed by atoms with Crippen LogP contribution in [0.15, 0.2) is 36.6 Å². The molecule has 0 saturated heterocycles. The van der Waals surface area contributed by atoms with Gasteiger partial charge in [-0.3, -0.25) is 0 Å². The van der Waals surface area contributed by atoms with Crippen LogP contribution in [-0.2, 0) is 4.74 Å². The Balaban J connectivity index is 3.86. The van der Waals surface area contributed by atoms with E-state index >= 15 is 0 Å². The molecule has 0 bridgehead atoms. The lowest BCUT2D eigenvalue weighted by Gasteiger charge is -2.00. The van der Waals surface area contributed by atoms with E-state index in [9.17, 15) is 0 Å². The molecule has 0 heterocycles. The highest BCUT2D eigenvalue weighted by Gasteiger charge is 1.85. The van der Waals surface area contributed by atoms with Crippen LogP contribution in [0.4, 0.5) is 0 Å². The molecule has 0 aromatic rings. The average Bonchev–Trinajstić information content (AvgIpc) is 1.88. The van der Waals surface area contributed by atoms with Crippen LogP contribution in [0.5, 0.6) is 0 Å². The van der Waals surface area contributed by atoms with Crippen molar-refractivity contribution in [2.45, 2.75) is 13.8 Å². The molecule has 0 aliphatic rings. The van der Waals surface area contributed by atoms with Crippen LogP contribution in [0.25, 0.3) is 0 Å². The molecule has 0 fully saturated rings. The minimum Gasteiger partial charge on any atom is -0.495 e. The highest BCUT2D eigenvalue weighted by atomic mass is 16.5. The minimum atomic E-state index is 0.666. The van der Waals surface area contributed by atoms with Crippen molar-refractivity contribution in [1.82, 2.24) is 0 Å². The van der Waals surface area contributed by atoms with Crippen molar-refractivity contribution >= 4 is 0 Å². The smallest absolute Gasteiger partial charge is 0.112 e. The van der Waals surface area contributed by atoms with E-state index < -0.39 is 0 Å². The molecule has 0 radical (unpaired) electrons. The van der Waals surface area contributed by atoms with Gasteiger partial charge in [0.1, 0.15) is 5.76 Å². The summed E-state index contributed by atoms with van der Waals surface area (Å²) < 4.78 is 5.10. The molecular formula is C9H14O. The maximum absolute atomic E-state index is 5.10. The van der Waals surface area contributed by atoms with Gasteiger partial charge in [0.2, 0.25) is 0 Å². The first-order valence-corrected chi connectivity index (χ1v) is 3.33. The van der Waals surface area contributed by atoms with Crippen molar-refractivity contribution in [3.63, 3.8) is 0 Å². The third-order valence-electron chi connectivity index (χ3n) is 1.04. The molecule has 0 amide bonds. The topological polar surface area (TPSA) is 9.23 Å². The van der Waals surface area contributed by atoms with Crippen LogP contribution in [0, 0.1) is 0 Å². The Morgan fingerprint density at radius 1 is 1.60 bits per heavy atom. The molecule has 0 aromatic heterocycles. The lowest BCUT2D eigenvalue weighted by Crippen LogP contribution is -1.85. The second kappa shape index (κ2) is 4.86. The van der Waals surface area contributed by atoms with Gasteiger partial charge in [-0.15, -0.1) is 0 Å². The van der Waals surface area contributed by atoms with Crippen molar-refractivity contribution in [2.24, 2.45) is 0 Å². The van der Waals surface area contributed by atoms with Crippen LogP contribution in [0.3, 0.4) is 0 Å². The van der Waals surface area contributed by atoms with E-state index in [1.165, 1.54) is 0 Å². The van der Waals surface area contributed by atoms with Gasteiger partial charge in [-0.05, 0) is 25.5 Å². The van der Waals surface area contributed by atoms with Gasteiger partial charge in [0, 0.05) is 0 Å². The Bertz CT molecular complexity index is 154. The summed E-state index contributed by atoms with van der Waals surface area (Å²) in [6.45, 7) is 11.8. The molecule has 0 rings (SSSR count). The lowest BCUT2D eigenvalue weighted by atomic mass is 10.3. The van der Waals surface area contributed by atoms with Crippen molar-refractivity contribution < 1.29 is 4.74 Å². The van der Waals surface area contributed by atoms with E-state index in [0.717, 1.165) is 5.57 Å². The van der Waals surface area contributed by atoms with E-state index in [1.807, 2.05) is 19.9 Å². The quantitative estimate of drug-likeness (QED) is 0.428. The van der Waals surface area contributed by atoms with Crippen LogP contribution < -0.4 is 0 Å². The zero-order valence-electron chi connectivity index (χ0n) is 6.68. The average molecular weight is 138 g/mol. The fourth-order valence-corrected chi connectivity index (χ4v) is 0.540. The molecule has 1 heteroatoms. The molecule has 0 aromatic carbocycles. The first-order chi connectivity index (χ1) is 4.70. The molecule has 0 aliphatic carbocycles. The fraction of sp³-hybridized carbons (Fsp3) is 0.333. The SMILES string of the molecule is C=C/C(C)=C\C(=C)OCC. The molecule has 0 aliphatic heterocycles. The minimum absolute atomic E-state index is 0.666. The molecule has 0 saturated carbocycles. The molecule has 0 atom stereocenters. The second-order valence-electron chi connectivity index (χ2n) is 1.99. The Hall–Kier alpha value is -0.980. The Morgan fingerprint density at radius 2 is 2.20 bits per heavy atom. The number of allylic oxidation sites excluding steroid dienone is 3. The predicted molar refractivity (Wildman–Crippen MR) is 44.7 cm³/mol. The van der Waals surface area contributed by atoms with Crippen LogP contribution >= 0.6 is 0 Å². The Morgan fingerprint density at radius 3 is 2.60 bits per heavy atom. The number of hydrogen-bond acceptors (Lipinski definition) is 1. The van der Waals surface area contributed by atoms with E-state index in [2.05, 4.69) is 13.2 Å². The van der Waals surface area contributed by atoms with Gasteiger partial charge in [-0.1, -0.05) is 19.2 Å². The Kier molecular flexibility index (Phi) is 4.38. The highest BCUT2D eigenvalue weighted by Crippen LogP contribution is 2.01. The van der Waals surface area contributed by atoms with Crippen molar-refractivity contribution in [2.75, 3.05) is 6.61 Å². The first-order valence-electron chi connectivity index (χ1n) is 3.33. The zero-order chi connectivity index (χ0) is 7.98. The maximum Gasteiger partial charge on any atom is 0.112 e. The number of hydrogen-bond donors (Lipinski definition) is 0. The summed E-state index contributed by atoms with van der Waals surface area (Å²) in [6, 6.07) is 0. The Labute approximate surface area is 62.7 Å². The maximum atomic E-state index is 5.10. The van der Waals surface area contributed by atoms with E-state index in [1.54, 1.807) is 6.08 Å². The van der Waals surface area contributed by atoms with Crippen LogP contribution in [-0.4, -0.2) is 6.61 Å². The predicted octanol–water partition coefficient (Wildman–Crippen LogP) is 2.67. The van der Waals surface area contributed by atoms with E-state index in [4.69, 9.17) is 4.74 Å². The van der Waals surface area contributed by atoms with Gasteiger partial charge < -0.3 is 4.74 Å². The van der Waals surface area contributed by atoms with Gasteiger partial charge in [0.05, 0.1) is 6.61 Å². The summed E-state index contributed by atoms with van der Waals surface area (Å²) in [5.41, 5.74) is 1.07. The molecule has 56 valence electrons. The summed E-state index contributed by atoms with van der Waals surface area (Å²) in [6.07, 6.45) is 3.63. The number of rotatable bonds is 4. The molecule has 0 spiro atoms. The van der Waals surface area contributed by atoms with Gasteiger partial charge in [0.15, 0.2) is 0 Å².